The lowest BCUT2D eigenvalue weighted by Crippen LogP contribution is -2.41. The molecule has 0 aromatic rings. The van der Waals surface area contributed by atoms with Gasteiger partial charge in [-0.25, -0.2) is 4.79 Å². The third kappa shape index (κ3) is 9.01. The molecule has 0 bridgehead atoms. The van der Waals surface area contributed by atoms with Gasteiger partial charge in [0.2, 0.25) is 11.8 Å². The number of hydrogen-bond donors (Lipinski definition) is 3. The van der Waals surface area contributed by atoms with E-state index in [2.05, 4.69) is 10.6 Å². The summed E-state index contributed by atoms with van der Waals surface area (Å²) < 4.78 is 4.80. The highest BCUT2D eigenvalue weighted by molar-refractivity contribution is 5.83. The van der Waals surface area contributed by atoms with Crippen molar-refractivity contribution in [2.45, 2.75) is 46.1 Å². The minimum atomic E-state index is -1.08. The topological polar surface area (TPSA) is 105 Å². The van der Waals surface area contributed by atoms with Crippen LogP contribution in [0.15, 0.2) is 0 Å². The number of carbonyl (C=O) groups is 3. The Hall–Kier alpha value is -1.63. The molecule has 0 fully saturated rings. The van der Waals surface area contributed by atoms with Gasteiger partial charge in [-0.3, -0.25) is 9.59 Å². The van der Waals surface area contributed by atoms with Crippen molar-refractivity contribution >= 4 is 17.8 Å². The van der Waals surface area contributed by atoms with Crippen molar-refractivity contribution in [1.82, 2.24) is 10.6 Å². The monoisotopic (exact) mass is 302 g/mol. The fraction of sp³-hybridized carbons (Fsp3) is 0.786. The number of nitrogens with one attached hydrogen (secondary N) is 2. The lowest BCUT2D eigenvalue weighted by Gasteiger charge is -2.17. The molecule has 0 heterocycles. The van der Waals surface area contributed by atoms with Gasteiger partial charge < -0.3 is 20.5 Å². The maximum absolute atomic E-state index is 11.6. The number of ether oxygens (including phenoxy) is 1. The van der Waals surface area contributed by atoms with Crippen LogP contribution in [0.25, 0.3) is 0 Å². The molecule has 0 saturated carbocycles. The molecular weight excluding hydrogens is 276 g/mol. The van der Waals surface area contributed by atoms with Gasteiger partial charge in [-0.15, -0.1) is 0 Å². The molecule has 1 unspecified atom stereocenters. The molecule has 21 heavy (non-hydrogen) atoms. The molecule has 0 rings (SSSR count). The quantitative estimate of drug-likeness (QED) is 0.539. The summed E-state index contributed by atoms with van der Waals surface area (Å²) in [5.41, 5.74) is -0.461. The number of rotatable bonds is 9. The maximum atomic E-state index is 11.6. The Balaban J connectivity index is 3.98. The number of hydrogen-bond acceptors (Lipinski definition) is 4. The summed E-state index contributed by atoms with van der Waals surface area (Å²) in [4.78, 5) is 34.2. The number of amides is 2. The summed E-state index contributed by atoms with van der Waals surface area (Å²) >= 11 is 0. The first-order valence-electron chi connectivity index (χ1n) is 6.98. The lowest BCUT2D eigenvalue weighted by molar-refractivity contribution is -0.142. The van der Waals surface area contributed by atoms with Crippen molar-refractivity contribution in [2.24, 2.45) is 5.41 Å². The van der Waals surface area contributed by atoms with E-state index < -0.39 is 17.4 Å². The molecular formula is C14H26N2O5. The zero-order chi connectivity index (χ0) is 16.5. The molecule has 0 aliphatic carbocycles. The largest absolute Gasteiger partial charge is 0.480 e. The van der Waals surface area contributed by atoms with Gasteiger partial charge in [0.15, 0.2) is 0 Å². The molecule has 7 heteroatoms. The first kappa shape index (κ1) is 19.4. The summed E-state index contributed by atoms with van der Waals surface area (Å²) in [6.07, 6.45) is 0.851. The number of carbonyl (C=O) groups excluding carboxylic acids is 2. The normalized spacial score (nSPS) is 12.6. The molecule has 122 valence electrons. The number of carboxylic acid groups (broad SMARTS) is 1. The predicted molar refractivity (Wildman–Crippen MR) is 77.8 cm³/mol. The standard InChI is InChI=1S/C14H26N2O5/c1-14(2,3)13(20)15-8-5-6-11(17)16-10(12(18)19)7-9-21-4/h10H,5-9H2,1-4H3,(H,15,20)(H,16,17)(H,18,19). The molecule has 0 spiro atoms. The number of carboxylic acids is 1. The summed E-state index contributed by atoms with van der Waals surface area (Å²) in [5.74, 6) is -1.50. The Morgan fingerprint density at radius 2 is 1.86 bits per heavy atom. The van der Waals surface area contributed by atoms with Crippen LogP contribution in [0.1, 0.15) is 40.0 Å². The fourth-order valence-electron chi connectivity index (χ4n) is 1.48. The molecule has 0 saturated heterocycles. The Morgan fingerprint density at radius 1 is 1.24 bits per heavy atom. The van der Waals surface area contributed by atoms with Crippen LogP contribution in [0, 0.1) is 5.41 Å². The average molecular weight is 302 g/mol. The van der Waals surface area contributed by atoms with E-state index in [4.69, 9.17) is 9.84 Å². The molecule has 0 radical (unpaired) electrons. The minimum absolute atomic E-state index is 0.0774. The van der Waals surface area contributed by atoms with E-state index in [-0.39, 0.29) is 31.3 Å². The average Bonchev–Trinajstić information content (AvgIpc) is 2.37. The SMILES string of the molecule is COCCC(NC(=O)CCCNC(=O)C(C)(C)C)C(=O)O. The van der Waals surface area contributed by atoms with Crippen molar-refractivity contribution < 1.29 is 24.2 Å². The van der Waals surface area contributed by atoms with Gasteiger partial charge in [-0.05, 0) is 6.42 Å². The number of methoxy groups -OCH3 is 1. The van der Waals surface area contributed by atoms with E-state index >= 15 is 0 Å². The first-order valence-corrected chi connectivity index (χ1v) is 6.98. The van der Waals surface area contributed by atoms with Crippen molar-refractivity contribution in [3.05, 3.63) is 0 Å². The van der Waals surface area contributed by atoms with Crippen molar-refractivity contribution in [1.29, 1.82) is 0 Å². The Bertz CT molecular complexity index is 363. The third-order valence-electron chi connectivity index (χ3n) is 2.79. The Kier molecular flexibility index (Phi) is 8.61. The van der Waals surface area contributed by atoms with Gasteiger partial charge in [0, 0.05) is 38.5 Å². The highest BCUT2D eigenvalue weighted by Gasteiger charge is 2.21. The molecule has 1 atom stereocenters. The maximum Gasteiger partial charge on any atom is 0.326 e. The second kappa shape index (κ2) is 9.33. The molecule has 2 amide bonds. The fourth-order valence-corrected chi connectivity index (χ4v) is 1.48. The highest BCUT2D eigenvalue weighted by atomic mass is 16.5. The molecule has 0 aliphatic rings. The van der Waals surface area contributed by atoms with Gasteiger partial charge in [-0.2, -0.15) is 0 Å². The van der Waals surface area contributed by atoms with E-state index in [1.807, 2.05) is 20.8 Å². The van der Waals surface area contributed by atoms with E-state index in [0.29, 0.717) is 13.0 Å². The van der Waals surface area contributed by atoms with Crippen molar-refractivity contribution in [3.63, 3.8) is 0 Å². The smallest absolute Gasteiger partial charge is 0.326 e. The van der Waals surface area contributed by atoms with Crippen LogP contribution in [0.2, 0.25) is 0 Å². The third-order valence-corrected chi connectivity index (χ3v) is 2.79. The van der Waals surface area contributed by atoms with E-state index in [1.165, 1.54) is 7.11 Å². The Morgan fingerprint density at radius 3 is 2.33 bits per heavy atom. The summed E-state index contributed by atoms with van der Waals surface area (Å²) in [5, 5.41) is 14.1. The summed E-state index contributed by atoms with van der Waals surface area (Å²) in [7, 11) is 1.47. The first-order chi connectivity index (χ1) is 9.68. The zero-order valence-electron chi connectivity index (χ0n) is 13.2. The Labute approximate surface area is 125 Å². The van der Waals surface area contributed by atoms with Crippen LogP contribution in [0.3, 0.4) is 0 Å². The van der Waals surface area contributed by atoms with Crippen LogP contribution < -0.4 is 10.6 Å². The molecule has 3 N–H and O–H groups in total. The van der Waals surface area contributed by atoms with Crippen LogP contribution in [0.4, 0.5) is 0 Å². The molecule has 0 aromatic carbocycles. The highest BCUT2D eigenvalue weighted by Crippen LogP contribution is 2.12. The van der Waals surface area contributed by atoms with Crippen LogP contribution >= 0.6 is 0 Å². The second-order valence-electron chi connectivity index (χ2n) is 5.85. The van der Waals surface area contributed by atoms with Gasteiger partial charge in [0.05, 0.1) is 0 Å². The molecule has 0 aromatic heterocycles. The van der Waals surface area contributed by atoms with Gasteiger partial charge in [-0.1, -0.05) is 20.8 Å². The molecule has 0 aliphatic heterocycles. The lowest BCUT2D eigenvalue weighted by atomic mass is 9.96. The summed E-state index contributed by atoms with van der Waals surface area (Å²) in [6.45, 7) is 6.07. The minimum Gasteiger partial charge on any atom is -0.480 e. The van der Waals surface area contributed by atoms with Gasteiger partial charge in [0.25, 0.3) is 0 Å². The zero-order valence-corrected chi connectivity index (χ0v) is 13.2. The molecule has 7 nitrogen and oxygen atoms in total. The van der Waals surface area contributed by atoms with Crippen molar-refractivity contribution in [2.75, 3.05) is 20.3 Å². The summed E-state index contributed by atoms with van der Waals surface area (Å²) in [6, 6.07) is -0.943. The van der Waals surface area contributed by atoms with Crippen LogP contribution in [-0.2, 0) is 19.1 Å². The predicted octanol–water partition coefficient (Wildman–Crippen LogP) is 0.535. The van der Waals surface area contributed by atoms with Crippen LogP contribution in [0.5, 0.6) is 0 Å². The second-order valence-corrected chi connectivity index (χ2v) is 5.85. The number of aliphatic carboxylic acids is 1. The van der Waals surface area contributed by atoms with E-state index in [9.17, 15) is 14.4 Å². The van der Waals surface area contributed by atoms with Gasteiger partial charge in [0.1, 0.15) is 6.04 Å². The van der Waals surface area contributed by atoms with E-state index in [1.54, 1.807) is 0 Å². The van der Waals surface area contributed by atoms with Gasteiger partial charge >= 0.3 is 5.97 Å². The van der Waals surface area contributed by atoms with E-state index in [0.717, 1.165) is 0 Å². The van der Waals surface area contributed by atoms with Crippen molar-refractivity contribution in [3.8, 4) is 0 Å². The van der Waals surface area contributed by atoms with Crippen LogP contribution in [-0.4, -0.2) is 49.2 Å².